The minimum Gasteiger partial charge on any atom is -0.326 e. The van der Waals surface area contributed by atoms with Crippen LogP contribution in [-0.2, 0) is 12.1 Å². The summed E-state index contributed by atoms with van der Waals surface area (Å²) in [4.78, 5) is 0. The average molecular weight is 271 g/mol. The first kappa shape index (κ1) is 14.8. The van der Waals surface area contributed by atoms with Crippen molar-refractivity contribution in [1.29, 1.82) is 0 Å². The predicted octanol–water partition coefficient (Wildman–Crippen LogP) is 3.89. The maximum Gasteiger partial charge on any atom is 0.0968 e. The van der Waals surface area contributed by atoms with Gasteiger partial charge in [0, 0.05) is 23.9 Å². The third kappa shape index (κ3) is 2.93. The van der Waals surface area contributed by atoms with Crippen LogP contribution >= 0.6 is 0 Å². The second-order valence-corrected chi connectivity index (χ2v) is 6.60. The second-order valence-electron chi connectivity index (χ2n) is 6.60. The van der Waals surface area contributed by atoms with Crippen molar-refractivity contribution < 1.29 is 0 Å². The van der Waals surface area contributed by atoms with Crippen molar-refractivity contribution in [2.24, 2.45) is 5.73 Å². The first-order valence-corrected chi connectivity index (χ1v) is 7.22. The maximum atomic E-state index is 5.87. The lowest BCUT2D eigenvalue weighted by molar-refractivity contribution is 0.356. The Labute approximate surface area is 121 Å². The highest BCUT2D eigenvalue weighted by molar-refractivity contribution is 5.63. The summed E-state index contributed by atoms with van der Waals surface area (Å²) in [6.07, 6.45) is 2.06. The summed E-state index contributed by atoms with van der Waals surface area (Å²) in [5.41, 5.74) is 10.4. The number of nitrogens with zero attached hydrogens (tertiary/aromatic N) is 2. The molecular formula is C17H25N3. The van der Waals surface area contributed by atoms with Crippen molar-refractivity contribution >= 4 is 0 Å². The van der Waals surface area contributed by atoms with Crippen LogP contribution in [0.2, 0.25) is 0 Å². The van der Waals surface area contributed by atoms with E-state index < -0.39 is 0 Å². The van der Waals surface area contributed by atoms with Crippen molar-refractivity contribution in [1.82, 2.24) is 9.78 Å². The number of nitrogens with two attached hydrogens (primary N) is 1. The molecule has 0 unspecified atom stereocenters. The van der Waals surface area contributed by atoms with Crippen molar-refractivity contribution in [2.45, 2.75) is 52.6 Å². The molecule has 1 aromatic carbocycles. The Hall–Kier alpha value is -1.61. The van der Waals surface area contributed by atoms with Gasteiger partial charge in [-0.15, -0.1) is 0 Å². The Morgan fingerprint density at radius 1 is 1.15 bits per heavy atom. The molecule has 0 aliphatic carbocycles. The Morgan fingerprint density at radius 2 is 1.75 bits per heavy atom. The fourth-order valence-corrected chi connectivity index (χ4v) is 2.17. The van der Waals surface area contributed by atoms with Crippen molar-refractivity contribution in [3.63, 3.8) is 0 Å². The highest BCUT2D eigenvalue weighted by Gasteiger charge is 2.18. The molecule has 108 valence electrons. The van der Waals surface area contributed by atoms with Crippen LogP contribution in [0.15, 0.2) is 30.5 Å². The normalized spacial score (nSPS) is 12.2. The van der Waals surface area contributed by atoms with E-state index in [0.717, 1.165) is 16.8 Å². The fourth-order valence-electron chi connectivity index (χ4n) is 2.17. The van der Waals surface area contributed by atoms with Crippen molar-refractivity contribution in [2.75, 3.05) is 0 Å². The third-order valence-electron chi connectivity index (χ3n) is 3.55. The summed E-state index contributed by atoms with van der Waals surface area (Å²) in [5, 5.41) is 4.73. The van der Waals surface area contributed by atoms with E-state index in [9.17, 15) is 0 Å². The molecule has 2 aromatic rings. The highest BCUT2D eigenvalue weighted by Crippen LogP contribution is 2.26. The molecule has 1 aromatic heterocycles. The van der Waals surface area contributed by atoms with E-state index >= 15 is 0 Å². The number of hydrogen-bond donors (Lipinski definition) is 1. The van der Waals surface area contributed by atoms with Crippen LogP contribution in [0, 0.1) is 0 Å². The molecule has 2 N–H and O–H groups in total. The molecular weight excluding hydrogens is 246 g/mol. The van der Waals surface area contributed by atoms with E-state index in [1.54, 1.807) is 0 Å². The monoisotopic (exact) mass is 271 g/mol. The predicted molar refractivity (Wildman–Crippen MR) is 84.6 cm³/mol. The van der Waals surface area contributed by atoms with E-state index in [4.69, 9.17) is 10.8 Å². The lowest BCUT2D eigenvalue weighted by Crippen LogP contribution is -2.22. The molecule has 0 fully saturated rings. The van der Waals surface area contributed by atoms with Crippen molar-refractivity contribution in [3.05, 3.63) is 41.6 Å². The smallest absolute Gasteiger partial charge is 0.0968 e. The van der Waals surface area contributed by atoms with Gasteiger partial charge in [-0.05, 0) is 32.3 Å². The quantitative estimate of drug-likeness (QED) is 0.920. The first-order chi connectivity index (χ1) is 9.32. The number of benzene rings is 1. The summed E-state index contributed by atoms with van der Waals surface area (Å²) in [5.74, 6) is 0.546. The molecule has 0 atom stereocenters. The van der Waals surface area contributed by atoms with Gasteiger partial charge in [-0.1, -0.05) is 38.1 Å². The molecule has 20 heavy (non-hydrogen) atoms. The molecule has 2 rings (SSSR count). The zero-order valence-corrected chi connectivity index (χ0v) is 13.1. The van der Waals surface area contributed by atoms with Gasteiger partial charge >= 0.3 is 0 Å². The number of rotatable bonds is 3. The molecule has 3 heteroatoms. The van der Waals surface area contributed by atoms with Gasteiger partial charge in [0.2, 0.25) is 0 Å². The molecule has 3 nitrogen and oxygen atoms in total. The minimum absolute atomic E-state index is 0.0277. The van der Waals surface area contributed by atoms with Crippen LogP contribution in [0.3, 0.4) is 0 Å². The Balaban J connectivity index is 2.43. The minimum atomic E-state index is -0.0277. The Bertz CT molecular complexity index is 571. The van der Waals surface area contributed by atoms with E-state index in [0.29, 0.717) is 12.5 Å². The van der Waals surface area contributed by atoms with Crippen LogP contribution in [0.4, 0.5) is 0 Å². The maximum absolute atomic E-state index is 5.87. The largest absolute Gasteiger partial charge is 0.326 e. The van der Waals surface area contributed by atoms with Gasteiger partial charge in [0.15, 0.2) is 0 Å². The topological polar surface area (TPSA) is 43.8 Å². The van der Waals surface area contributed by atoms with Gasteiger partial charge in [-0.2, -0.15) is 5.10 Å². The third-order valence-corrected chi connectivity index (χ3v) is 3.55. The fraction of sp³-hybridized carbons (Fsp3) is 0.471. The van der Waals surface area contributed by atoms with E-state index in [2.05, 4.69) is 65.1 Å². The SMILES string of the molecule is CC(C)c1ccc(-c2nn(C(C)(C)C)cc2CN)cc1. The van der Waals surface area contributed by atoms with Gasteiger partial charge < -0.3 is 5.73 Å². The van der Waals surface area contributed by atoms with Gasteiger partial charge in [-0.3, -0.25) is 4.68 Å². The van der Waals surface area contributed by atoms with Crippen LogP contribution in [0.25, 0.3) is 11.3 Å². The van der Waals surface area contributed by atoms with E-state index in [1.165, 1.54) is 5.56 Å². The molecule has 0 amide bonds. The molecule has 0 spiro atoms. The standard InChI is InChI=1S/C17H25N3/c1-12(2)13-6-8-14(9-7-13)16-15(10-18)11-20(19-16)17(3,4)5/h6-9,11-12H,10,18H2,1-5H3. The molecule has 0 radical (unpaired) electrons. The summed E-state index contributed by atoms with van der Waals surface area (Å²) >= 11 is 0. The van der Waals surface area contributed by atoms with Crippen LogP contribution in [0.1, 0.15) is 51.7 Å². The molecule has 0 saturated heterocycles. The lowest BCUT2D eigenvalue weighted by atomic mass is 10.00. The summed E-state index contributed by atoms with van der Waals surface area (Å²) in [6, 6.07) is 8.64. The highest BCUT2D eigenvalue weighted by atomic mass is 15.3. The van der Waals surface area contributed by atoms with E-state index in [-0.39, 0.29) is 5.54 Å². The van der Waals surface area contributed by atoms with Gasteiger partial charge in [-0.25, -0.2) is 0 Å². The average Bonchev–Trinajstić information content (AvgIpc) is 2.82. The van der Waals surface area contributed by atoms with Crippen LogP contribution < -0.4 is 5.73 Å². The van der Waals surface area contributed by atoms with E-state index in [1.807, 2.05) is 4.68 Å². The molecule has 0 saturated carbocycles. The van der Waals surface area contributed by atoms with Crippen LogP contribution in [-0.4, -0.2) is 9.78 Å². The van der Waals surface area contributed by atoms with Gasteiger partial charge in [0.1, 0.15) is 0 Å². The summed E-state index contributed by atoms with van der Waals surface area (Å²) < 4.78 is 2.00. The van der Waals surface area contributed by atoms with Gasteiger partial charge in [0.25, 0.3) is 0 Å². The Morgan fingerprint density at radius 3 is 2.20 bits per heavy atom. The second kappa shape index (κ2) is 5.41. The zero-order chi connectivity index (χ0) is 14.9. The molecule has 1 heterocycles. The molecule has 0 aliphatic rings. The van der Waals surface area contributed by atoms with Gasteiger partial charge in [0.05, 0.1) is 11.2 Å². The van der Waals surface area contributed by atoms with Crippen molar-refractivity contribution in [3.8, 4) is 11.3 Å². The van der Waals surface area contributed by atoms with Crippen LogP contribution in [0.5, 0.6) is 0 Å². The molecule has 0 aliphatic heterocycles. The number of aromatic nitrogens is 2. The Kier molecular flexibility index (Phi) is 4.00. The summed E-state index contributed by atoms with van der Waals surface area (Å²) in [6.45, 7) is 11.4. The zero-order valence-electron chi connectivity index (χ0n) is 13.1. The summed E-state index contributed by atoms with van der Waals surface area (Å²) in [7, 11) is 0. The molecule has 0 bridgehead atoms. The lowest BCUT2D eigenvalue weighted by Gasteiger charge is -2.18. The first-order valence-electron chi connectivity index (χ1n) is 7.22. The number of hydrogen-bond acceptors (Lipinski definition) is 2.